The topological polar surface area (TPSA) is 92.3 Å². The minimum absolute atomic E-state index is 0.102. The Morgan fingerprint density at radius 1 is 1.42 bits per heavy atom. The monoisotopic (exact) mass is 260 g/mol. The summed E-state index contributed by atoms with van der Waals surface area (Å²) in [5.74, 6) is -2.31. The van der Waals surface area contributed by atoms with Crippen LogP contribution in [-0.2, 0) is 14.3 Å². The molecule has 1 aromatic carbocycles. The third-order valence-electron chi connectivity index (χ3n) is 2.46. The molecule has 6 heteroatoms. The van der Waals surface area contributed by atoms with Crippen LogP contribution in [0.15, 0.2) is 30.3 Å². The lowest BCUT2D eigenvalue weighted by atomic mass is 10.1. The highest BCUT2D eigenvalue weighted by Gasteiger charge is 2.16. The van der Waals surface area contributed by atoms with Crippen LogP contribution in [0.2, 0.25) is 0 Å². The number of para-hydroxylation sites is 1. The lowest BCUT2D eigenvalue weighted by Crippen LogP contribution is -2.15. The fraction of sp³-hybridized carbons (Fsp3) is 0.154. The maximum Gasteiger partial charge on any atom is 0.379 e. The van der Waals surface area contributed by atoms with Gasteiger partial charge in [-0.25, -0.2) is 4.79 Å². The summed E-state index contributed by atoms with van der Waals surface area (Å²) in [5.41, 5.74) is 0.939. The van der Waals surface area contributed by atoms with Crippen LogP contribution >= 0.6 is 0 Å². The molecule has 0 fully saturated rings. The number of aromatic nitrogens is 2. The van der Waals surface area contributed by atoms with E-state index in [1.807, 2.05) is 6.07 Å². The van der Waals surface area contributed by atoms with Gasteiger partial charge in [0.25, 0.3) is 5.78 Å². The van der Waals surface area contributed by atoms with Crippen molar-refractivity contribution < 1.29 is 19.4 Å². The molecule has 6 nitrogen and oxygen atoms in total. The van der Waals surface area contributed by atoms with Gasteiger partial charge in [0.2, 0.25) is 0 Å². The predicted molar refractivity (Wildman–Crippen MR) is 68.3 cm³/mol. The molecule has 19 heavy (non-hydrogen) atoms. The lowest BCUT2D eigenvalue weighted by molar-refractivity contribution is -0.151. The molecule has 0 saturated carbocycles. The molecule has 0 aliphatic rings. The van der Waals surface area contributed by atoms with E-state index in [2.05, 4.69) is 14.9 Å². The van der Waals surface area contributed by atoms with Gasteiger partial charge in [-0.1, -0.05) is 18.2 Å². The Bertz CT molecular complexity index is 657. The van der Waals surface area contributed by atoms with E-state index in [-0.39, 0.29) is 18.1 Å². The van der Waals surface area contributed by atoms with Gasteiger partial charge in [0.05, 0.1) is 12.1 Å². The highest BCUT2D eigenvalue weighted by molar-refractivity contribution is 6.39. The van der Waals surface area contributed by atoms with E-state index < -0.39 is 11.8 Å². The summed E-state index contributed by atoms with van der Waals surface area (Å²) in [7, 11) is 0. The molecule has 0 spiro atoms. The third-order valence-corrected chi connectivity index (χ3v) is 2.46. The molecule has 0 bridgehead atoms. The number of nitrogens with one attached hydrogen (secondary N) is 1. The summed E-state index contributed by atoms with van der Waals surface area (Å²) < 4.78 is 4.54. The first kappa shape index (κ1) is 12.8. The molecule has 0 aliphatic heterocycles. The highest BCUT2D eigenvalue weighted by atomic mass is 16.5. The van der Waals surface area contributed by atoms with Gasteiger partial charge in [0.1, 0.15) is 11.5 Å². The molecule has 98 valence electrons. The van der Waals surface area contributed by atoms with E-state index in [1.165, 1.54) is 0 Å². The largest absolute Gasteiger partial charge is 0.505 e. The fourth-order valence-corrected chi connectivity index (χ4v) is 1.61. The number of aliphatic hydroxyl groups excluding tert-OH is 1. The molecule has 2 N–H and O–H groups in total. The van der Waals surface area contributed by atoms with Crippen molar-refractivity contribution in [2.45, 2.75) is 6.92 Å². The zero-order valence-corrected chi connectivity index (χ0v) is 10.2. The van der Waals surface area contributed by atoms with E-state index in [1.54, 1.807) is 25.1 Å². The number of carbonyl (C=O) groups excluding carboxylic acids is 2. The van der Waals surface area contributed by atoms with Gasteiger partial charge in [-0.05, 0) is 13.0 Å². The van der Waals surface area contributed by atoms with Gasteiger partial charge < -0.3 is 9.84 Å². The average Bonchev–Trinajstić information content (AvgIpc) is 2.82. The molecule has 1 heterocycles. The summed E-state index contributed by atoms with van der Waals surface area (Å²) in [5, 5.41) is 17.1. The number of H-pyrrole nitrogens is 1. The first-order chi connectivity index (χ1) is 9.13. The van der Waals surface area contributed by atoms with Crippen molar-refractivity contribution in [2.24, 2.45) is 0 Å². The van der Waals surface area contributed by atoms with Crippen LogP contribution in [-0.4, -0.2) is 33.7 Å². The molecule has 0 aliphatic carbocycles. The van der Waals surface area contributed by atoms with E-state index in [4.69, 9.17) is 0 Å². The van der Waals surface area contributed by atoms with Crippen LogP contribution in [0.4, 0.5) is 0 Å². The zero-order chi connectivity index (χ0) is 13.8. The summed E-state index contributed by atoms with van der Waals surface area (Å²) in [6.45, 7) is 1.69. The van der Waals surface area contributed by atoms with Crippen LogP contribution in [0.5, 0.6) is 0 Å². The molecule has 0 atom stereocenters. The normalized spacial score (nSPS) is 11.5. The fourth-order valence-electron chi connectivity index (χ4n) is 1.61. The lowest BCUT2D eigenvalue weighted by Gasteiger charge is -1.98. The van der Waals surface area contributed by atoms with Gasteiger partial charge in [-0.15, -0.1) is 0 Å². The number of ether oxygens (including phenoxy) is 1. The van der Waals surface area contributed by atoms with Crippen LogP contribution in [0.1, 0.15) is 12.6 Å². The minimum Gasteiger partial charge on any atom is -0.505 e. The van der Waals surface area contributed by atoms with E-state index >= 15 is 0 Å². The SMILES string of the molecule is CCOC(=O)C(=O)/C=C(/O)c1n[nH]c2ccccc12. The first-order valence-electron chi connectivity index (χ1n) is 5.68. The molecule has 1 aromatic heterocycles. The standard InChI is InChI=1S/C13H12N2O4/c1-2-19-13(18)11(17)7-10(16)12-8-5-3-4-6-9(8)14-15-12/h3-7,16H,2H2,1H3,(H,14,15)/b10-7+. The van der Waals surface area contributed by atoms with Gasteiger partial charge >= 0.3 is 5.97 Å². The maximum atomic E-state index is 11.4. The summed E-state index contributed by atoms with van der Waals surface area (Å²) >= 11 is 0. The van der Waals surface area contributed by atoms with Crippen molar-refractivity contribution in [3.05, 3.63) is 36.0 Å². The van der Waals surface area contributed by atoms with Crippen LogP contribution in [0.25, 0.3) is 16.7 Å². The molecule has 0 saturated heterocycles. The van der Waals surface area contributed by atoms with Crippen molar-refractivity contribution in [1.82, 2.24) is 10.2 Å². The number of hydrogen-bond acceptors (Lipinski definition) is 5. The number of nitrogens with zero attached hydrogens (tertiary/aromatic N) is 1. The van der Waals surface area contributed by atoms with Crippen LogP contribution < -0.4 is 0 Å². The minimum atomic E-state index is -1.01. The number of aliphatic hydroxyl groups is 1. The number of aromatic amines is 1. The molecule has 0 amide bonds. The number of fused-ring (bicyclic) bond motifs is 1. The van der Waals surface area contributed by atoms with Gasteiger partial charge in [0, 0.05) is 11.5 Å². The van der Waals surface area contributed by atoms with Gasteiger partial charge in [-0.3, -0.25) is 9.89 Å². The van der Waals surface area contributed by atoms with Gasteiger partial charge in [-0.2, -0.15) is 5.10 Å². The summed E-state index contributed by atoms with van der Waals surface area (Å²) in [6.07, 6.45) is 0.806. The maximum absolute atomic E-state index is 11.4. The predicted octanol–water partition coefficient (Wildman–Crippen LogP) is 1.59. The van der Waals surface area contributed by atoms with Crippen molar-refractivity contribution in [3.63, 3.8) is 0 Å². The van der Waals surface area contributed by atoms with Crippen molar-refractivity contribution in [2.75, 3.05) is 6.61 Å². The third kappa shape index (κ3) is 2.62. The number of ketones is 1. The number of esters is 1. The highest BCUT2D eigenvalue weighted by Crippen LogP contribution is 2.20. The second-order valence-electron chi connectivity index (χ2n) is 3.73. The van der Waals surface area contributed by atoms with E-state index in [9.17, 15) is 14.7 Å². The van der Waals surface area contributed by atoms with Crippen molar-refractivity contribution in [3.8, 4) is 0 Å². The Hall–Kier alpha value is -2.63. The molecular weight excluding hydrogens is 248 g/mol. The molecule has 2 aromatic rings. The molecular formula is C13H12N2O4. The van der Waals surface area contributed by atoms with E-state index in [0.717, 1.165) is 11.6 Å². The average molecular weight is 260 g/mol. The second-order valence-corrected chi connectivity index (χ2v) is 3.73. The number of rotatable bonds is 4. The smallest absolute Gasteiger partial charge is 0.379 e. The summed E-state index contributed by atoms with van der Waals surface area (Å²) in [4.78, 5) is 22.6. The van der Waals surface area contributed by atoms with Crippen LogP contribution in [0.3, 0.4) is 0 Å². The number of benzene rings is 1. The summed E-state index contributed by atoms with van der Waals surface area (Å²) in [6, 6.07) is 7.12. The van der Waals surface area contributed by atoms with Crippen molar-refractivity contribution in [1.29, 1.82) is 0 Å². The molecule has 0 radical (unpaired) electrons. The zero-order valence-electron chi connectivity index (χ0n) is 10.2. The van der Waals surface area contributed by atoms with E-state index in [0.29, 0.717) is 5.39 Å². The second kappa shape index (κ2) is 5.34. The quantitative estimate of drug-likeness (QED) is 0.377. The Morgan fingerprint density at radius 3 is 2.89 bits per heavy atom. The first-order valence-corrected chi connectivity index (χ1v) is 5.68. The number of hydrogen-bond donors (Lipinski definition) is 2. The molecule has 2 rings (SSSR count). The Kier molecular flexibility index (Phi) is 3.61. The molecule has 0 unspecified atom stereocenters. The van der Waals surface area contributed by atoms with Crippen LogP contribution in [0, 0.1) is 0 Å². The van der Waals surface area contributed by atoms with Gasteiger partial charge in [0.15, 0.2) is 0 Å². The van der Waals surface area contributed by atoms with Crippen molar-refractivity contribution >= 4 is 28.4 Å². The Balaban J connectivity index is 2.31. The Morgan fingerprint density at radius 2 is 2.16 bits per heavy atom. The Labute approximate surface area is 108 Å². The number of carbonyl (C=O) groups is 2.